The van der Waals surface area contributed by atoms with Gasteiger partial charge in [0.1, 0.15) is 5.75 Å². The predicted octanol–water partition coefficient (Wildman–Crippen LogP) is 2.07. The summed E-state index contributed by atoms with van der Waals surface area (Å²) in [5.41, 5.74) is 7.20. The number of nitrogens with zero attached hydrogens (tertiary/aromatic N) is 1. The largest absolute Gasteiger partial charge is 0.496 e. The molecule has 1 saturated heterocycles. The van der Waals surface area contributed by atoms with Crippen molar-refractivity contribution in [3.63, 3.8) is 0 Å². The van der Waals surface area contributed by atoms with E-state index in [2.05, 4.69) is 31.0 Å². The van der Waals surface area contributed by atoms with Crippen LogP contribution in [0.3, 0.4) is 0 Å². The zero-order valence-corrected chi connectivity index (χ0v) is 13.5. The van der Waals surface area contributed by atoms with E-state index in [1.54, 1.807) is 7.11 Å². The van der Waals surface area contributed by atoms with Crippen LogP contribution >= 0.6 is 0 Å². The van der Waals surface area contributed by atoms with E-state index in [0.29, 0.717) is 12.6 Å². The van der Waals surface area contributed by atoms with E-state index in [9.17, 15) is 0 Å². The molecule has 2 atom stereocenters. The van der Waals surface area contributed by atoms with Crippen LogP contribution in [0.2, 0.25) is 0 Å². The Kier molecular flexibility index (Phi) is 5.62. The van der Waals surface area contributed by atoms with Crippen LogP contribution in [0.1, 0.15) is 25.3 Å². The standard InChI is InChI=1S/C17H28N2O2/c1-17(13-18,19(2)12-15-8-6-10-21-15)11-14-7-4-5-9-16(14)20-3/h4-5,7,9,15H,6,8,10-13,18H2,1-3H3. The van der Waals surface area contributed by atoms with Gasteiger partial charge in [-0.05, 0) is 44.9 Å². The number of hydrogen-bond acceptors (Lipinski definition) is 4. The van der Waals surface area contributed by atoms with Crippen molar-refractivity contribution in [2.24, 2.45) is 5.73 Å². The van der Waals surface area contributed by atoms with E-state index in [4.69, 9.17) is 15.2 Å². The Morgan fingerprint density at radius 3 is 2.81 bits per heavy atom. The maximum atomic E-state index is 6.10. The Morgan fingerprint density at radius 1 is 1.43 bits per heavy atom. The van der Waals surface area contributed by atoms with Gasteiger partial charge in [-0.25, -0.2) is 0 Å². The smallest absolute Gasteiger partial charge is 0.122 e. The highest BCUT2D eigenvalue weighted by molar-refractivity contribution is 5.34. The average Bonchev–Trinajstić information content (AvgIpc) is 3.00. The maximum absolute atomic E-state index is 6.10. The molecule has 4 nitrogen and oxygen atoms in total. The van der Waals surface area contributed by atoms with Crippen LogP contribution in [-0.4, -0.2) is 50.4 Å². The van der Waals surface area contributed by atoms with Crippen molar-refractivity contribution >= 4 is 0 Å². The molecule has 0 aliphatic carbocycles. The molecule has 2 N–H and O–H groups in total. The Morgan fingerprint density at radius 2 is 2.19 bits per heavy atom. The highest BCUT2D eigenvalue weighted by Gasteiger charge is 2.31. The average molecular weight is 292 g/mol. The maximum Gasteiger partial charge on any atom is 0.122 e. The minimum atomic E-state index is -0.0966. The summed E-state index contributed by atoms with van der Waals surface area (Å²) in [6.45, 7) is 4.65. The number of methoxy groups -OCH3 is 1. The van der Waals surface area contributed by atoms with E-state index in [-0.39, 0.29) is 5.54 Å². The summed E-state index contributed by atoms with van der Waals surface area (Å²) in [6.07, 6.45) is 3.54. The van der Waals surface area contributed by atoms with Gasteiger partial charge in [-0.2, -0.15) is 0 Å². The summed E-state index contributed by atoms with van der Waals surface area (Å²) in [5.74, 6) is 0.933. The second kappa shape index (κ2) is 7.25. The molecule has 0 radical (unpaired) electrons. The number of benzene rings is 1. The van der Waals surface area contributed by atoms with Crippen molar-refractivity contribution in [2.75, 3.05) is 33.9 Å². The fourth-order valence-corrected chi connectivity index (χ4v) is 2.94. The second-order valence-corrected chi connectivity index (χ2v) is 6.21. The molecule has 1 fully saturated rings. The summed E-state index contributed by atoms with van der Waals surface area (Å²) in [6, 6.07) is 8.17. The lowest BCUT2D eigenvalue weighted by Gasteiger charge is -2.39. The lowest BCUT2D eigenvalue weighted by atomic mass is 9.90. The first-order valence-electron chi connectivity index (χ1n) is 7.74. The minimum Gasteiger partial charge on any atom is -0.496 e. The molecule has 21 heavy (non-hydrogen) atoms. The number of likely N-dealkylation sites (N-methyl/N-ethyl adjacent to an activating group) is 1. The molecule has 1 aliphatic heterocycles. The monoisotopic (exact) mass is 292 g/mol. The molecular formula is C17H28N2O2. The molecule has 1 heterocycles. The van der Waals surface area contributed by atoms with Gasteiger partial charge in [-0.1, -0.05) is 18.2 Å². The van der Waals surface area contributed by atoms with Gasteiger partial charge >= 0.3 is 0 Å². The summed E-state index contributed by atoms with van der Waals surface area (Å²) in [5, 5.41) is 0. The molecular weight excluding hydrogens is 264 g/mol. The summed E-state index contributed by atoms with van der Waals surface area (Å²) < 4.78 is 11.2. The third kappa shape index (κ3) is 3.96. The molecule has 4 heteroatoms. The van der Waals surface area contributed by atoms with Gasteiger partial charge in [-0.15, -0.1) is 0 Å². The third-order valence-corrected chi connectivity index (χ3v) is 4.63. The van der Waals surface area contributed by atoms with E-state index in [0.717, 1.165) is 31.7 Å². The Labute approximate surface area is 128 Å². The van der Waals surface area contributed by atoms with Gasteiger partial charge in [0.25, 0.3) is 0 Å². The number of para-hydroxylation sites is 1. The van der Waals surface area contributed by atoms with Gasteiger partial charge in [-0.3, -0.25) is 4.90 Å². The fourth-order valence-electron chi connectivity index (χ4n) is 2.94. The van der Waals surface area contributed by atoms with Crippen LogP contribution in [0.25, 0.3) is 0 Å². The molecule has 1 aromatic rings. The Bertz CT molecular complexity index is 446. The molecule has 2 unspecified atom stereocenters. The number of nitrogens with two attached hydrogens (primary N) is 1. The van der Waals surface area contributed by atoms with Crippen molar-refractivity contribution in [3.8, 4) is 5.75 Å². The molecule has 0 bridgehead atoms. The van der Waals surface area contributed by atoms with Crippen LogP contribution in [0.15, 0.2) is 24.3 Å². The van der Waals surface area contributed by atoms with Gasteiger partial charge in [0, 0.05) is 25.2 Å². The van der Waals surface area contributed by atoms with E-state index >= 15 is 0 Å². The van der Waals surface area contributed by atoms with Gasteiger partial charge in [0.2, 0.25) is 0 Å². The van der Waals surface area contributed by atoms with Crippen molar-refractivity contribution < 1.29 is 9.47 Å². The minimum absolute atomic E-state index is 0.0966. The topological polar surface area (TPSA) is 47.7 Å². The van der Waals surface area contributed by atoms with Crippen LogP contribution in [0.5, 0.6) is 5.75 Å². The zero-order chi connectivity index (χ0) is 15.3. The molecule has 0 spiro atoms. The van der Waals surface area contributed by atoms with Crippen molar-refractivity contribution in [1.82, 2.24) is 4.90 Å². The number of rotatable bonds is 7. The number of ether oxygens (including phenoxy) is 2. The van der Waals surface area contributed by atoms with Gasteiger partial charge in [0.15, 0.2) is 0 Å². The van der Waals surface area contributed by atoms with Crippen LogP contribution < -0.4 is 10.5 Å². The highest BCUT2D eigenvalue weighted by atomic mass is 16.5. The molecule has 0 aromatic heterocycles. The third-order valence-electron chi connectivity index (χ3n) is 4.63. The van der Waals surface area contributed by atoms with E-state index in [1.807, 2.05) is 12.1 Å². The van der Waals surface area contributed by atoms with Gasteiger partial charge in [0.05, 0.1) is 13.2 Å². The first kappa shape index (κ1) is 16.3. The molecule has 1 aliphatic rings. The van der Waals surface area contributed by atoms with Crippen LogP contribution in [0, 0.1) is 0 Å². The fraction of sp³-hybridized carbons (Fsp3) is 0.647. The molecule has 0 saturated carbocycles. The van der Waals surface area contributed by atoms with E-state index in [1.165, 1.54) is 12.0 Å². The quantitative estimate of drug-likeness (QED) is 0.836. The first-order chi connectivity index (χ1) is 10.1. The molecule has 0 amide bonds. The normalized spacial score (nSPS) is 21.5. The molecule has 2 rings (SSSR count). The van der Waals surface area contributed by atoms with Crippen molar-refractivity contribution in [1.29, 1.82) is 0 Å². The predicted molar refractivity (Wildman–Crippen MR) is 85.8 cm³/mol. The van der Waals surface area contributed by atoms with Crippen molar-refractivity contribution in [2.45, 2.75) is 37.8 Å². The first-order valence-corrected chi connectivity index (χ1v) is 7.74. The van der Waals surface area contributed by atoms with Gasteiger partial charge < -0.3 is 15.2 Å². The lowest BCUT2D eigenvalue weighted by molar-refractivity contribution is 0.0432. The lowest BCUT2D eigenvalue weighted by Crippen LogP contribution is -2.53. The summed E-state index contributed by atoms with van der Waals surface area (Å²) in [7, 11) is 3.86. The zero-order valence-electron chi connectivity index (χ0n) is 13.5. The SMILES string of the molecule is COc1ccccc1CC(C)(CN)N(C)CC1CCCO1. The second-order valence-electron chi connectivity index (χ2n) is 6.21. The van der Waals surface area contributed by atoms with E-state index < -0.39 is 0 Å². The van der Waals surface area contributed by atoms with Crippen molar-refractivity contribution in [3.05, 3.63) is 29.8 Å². The van der Waals surface area contributed by atoms with Crippen LogP contribution in [0.4, 0.5) is 0 Å². The van der Waals surface area contributed by atoms with Crippen LogP contribution in [-0.2, 0) is 11.2 Å². The summed E-state index contributed by atoms with van der Waals surface area (Å²) >= 11 is 0. The summed E-state index contributed by atoms with van der Waals surface area (Å²) in [4.78, 5) is 2.34. The highest BCUT2D eigenvalue weighted by Crippen LogP contribution is 2.26. The Hall–Kier alpha value is -1.10. The Balaban J connectivity index is 2.08. The number of hydrogen-bond donors (Lipinski definition) is 1. The molecule has 118 valence electrons. The molecule has 1 aromatic carbocycles.